The predicted molar refractivity (Wildman–Crippen MR) is 104 cm³/mol. The van der Waals surface area contributed by atoms with Crippen LogP contribution in [0.5, 0.6) is 0 Å². The number of ether oxygens (including phenoxy) is 1. The van der Waals surface area contributed by atoms with Crippen LogP contribution in [0.2, 0.25) is 10.0 Å². The third kappa shape index (κ3) is 6.92. The minimum absolute atomic E-state index is 0.0576. The molecule has 142 valence electrons. The predicted octanol–water partition coefficient (Wildman–Crippen LogP) is 3.68. The van der Waals surface area contributed by atoms with Crippen LogP contribution in [0.3, 0.4) is 0 Å². The van der Waals surface area contributed by atoms with Gasteiger partial charge in [0.1, 0.15) is 0 Å². The smallest absolute Gasteiger partial charge is 0.308 e. The first-order chi connectivity index (χ1) is 12.8. The van der Waals surface area contributed by atoms with Gasteiger partial charge in [0, 0.05) is 27.8 Å². The van der Waals surface area contributed by atoms with Crippen LogP contribution >= 0.6 is 23.2 Å². The Hall–Kier alpha value is -2.57. The Kier molecular flexibility index (Phi) is 7.64. The van der Waals surface area contributed by atoms with E-state index in [0.29, 0.717) is 21.3 Å². The van der Waals surface area contributed by atoms with Crippen molar-refractivity contribution < 1.29 is 19.1 Å². The number of carbonyl (C=O) groups excluding carboxylic acids is 3. The van der Waals surface area contributed by atoms with Gasteiger partial charge in [0.05, 0.1) is 6.42 Å². The third-order valence-corrected chi connectivity index (χ3v) is 4.01. The number of carbonyl (C=O) groups is 3. The first-order valence-corrected chi connectivity index (χ1v) is 8.90. The summed E-state index contributed by atoms with van der Waals surface area (Å²) in [4.78, 5) is 35.8. The van der Waals surface area contributed by atoms with Gasteiger partial charge in [-0.2, -0.15) is 0 Å². The molecule has 27 heavy (non-hydrogen) atoms. The number of benzene rings is 2. The van der Waals surface area contributed by atoms with E-state index in [9.17, 15) is 14.4 Å². The minimum Gasteiger partial charge on any atom is -0.452 e. The molecule has 0 saturated heterocycles. The Balaban J connectivity index is 1.72. The average Bonchev–Trinajstić information content (AvgIpc) is 2.64. The lowest BCUT2D eigenvalue weighted by Crippen LogP contribution is -2.32. The lowest BCUT2D eigenvalue weighted by Gasteiger charge is -2.14. The maximum absolute atomic E-state index is 12.0. The van der Waals surface area contributed by atoms with Crippen molar-refractivity contribution in [2.24, 2.45) is 0 Å². The van der Waals surface area contributed by atoms with E-state index < -0.39 is 18.0 Å². The van der Waals surface area contributed by atoms with E-state index in [0.717, 1.165) is 0 Å². The molecule has 8 heteroatoms. The topological polar surface area (TPSA) is 84.5 Å². The fourth-order valence-electron chi connectivity index (χ4n) is 2.07. The molecule has 1 unspecified atom stereocenters. The molecule has 0 fully saturated rings. The monoisotopic (exact) mass is 408 g/mol. The van der Waals surface area contributed by atoms with Gasteiger partial charge in [-0.05, 0) is 55.5 Å². The summed E-state index contributed by atoms with van der Waals surface area (Å²) in [6, 6.07) is 12.9. The Labute approximate surface area is 166 Å². The molecule has 0 aromatic heterocycles. The summed E-state index contributed by atoms with van der Waals surface area (Å²) in [7, 11) is 0. The number of hydrogen-bond acceptors (Lipinski definition) is 4. The maximum atomic E-state index is 12.0. The van der Waals surface area contributed by atoms with Crippen molar-refractivity contribution in [2.45, 2.75) is 19.4 Å². The molecule has 0 aliphatic rings. The Morgan fingerprint density at radius 2 is 1.52 bits per heavy atom. The van der Waals surface area contributed by atoms with Gasteiger partial charge in [-0.15, -0.1) is 0 Å². The maximum Gasteiger partial charge on any atom is 0.308 e. The highest BCUT2D eigenvalue weighted by Crippen LogP contribution is 2.14. The van der Waals surface area contributed by atoms with E-state index >= 15 is 0 Å². The van der Waals surface area contributed by atoms with Crippen molar-refractivity contribution in [3.05, 3.63) is 64.1 Å². The van der Waals surface area contributed by atoms with Crippen molar-refractivity contribution in [1.29, 1.82) is 0 Å². The molecule has 1 atom stereocenters. The number of rotatable bonds is 7. The number of nitrogens with one attached hydrogen (secondary N) is 2. The van der Waals surface area contributed by atoms with Crippen molar-refractivity contribution in [3.63, 3.8) is 0 Å². The van der Waals surface area contributed by atoms with Crippen molar-refractivity contribution >= 4 is 46.7 Å². The van der Waals surface area contributed by atoms with Crippen molar-refractivity contribution in [2.75, 3.05) is 11.9 Å². The zero-order valence-corrected chi connectivity index (χ0v) is 16.0. The molecule has 0 spiro atoms. The molecule has 2 rings (SSSR count). The standard InChI is InChI=1S/C19H18Cl2N2O4/c1-12(18(25)23-16-8-6-15(21)7-9-16)27-17(24)10-11-22-19(26)13-2-4-14(20)5-3-13/h2-9,12H,10-11H2,1H3,(H,22,26)(H,23,25). The molecule has 0 aliphatic heterocycles. The third-order valence-electron chi connectivity index (χ3n) is 3.51. The molecule has 0 aliphatic carbocycles. The van der Waals surface area contributed by atoms with Gasteiger partial charge in [0.25, 0.3) is 11.8 Å². The summed E-state index contributed by atoms with van der Waals surface area (Å²) in [6.07, 6.45) is -1.03. The summed E-state index contributed by atoms with van der Waals surface area (Å²) in [5.41, 5.74) is 0.978. The summed E-state index contributed by atoms with van der Waals surface area (Å²) >= 11 is 11.5. The lowest BCUT2D eigenvalue weighted by atomic mass is 10.2. The highest BCUT2D eigenvalue weighted by Gasteiger charge is 2.18. The molecule has 2 N–H and O–H groups in total. The summed E-state index contributed by atoms with van der Waals surface area (Å²) in [5.74, 6) is -1.38. The van der Waals surface area contributed by atoms with E-state index in [1.807, 2.05) is 0 Å². The largest absolute Gasteiger partial charge is 0.452 e. The normalized spacial score (nSPS) is 11.4. The zero-order chi connectivity index (χ0) is 19.8. The van der Waals surface area contributed by atoms with E-state index in [1.165, 1.54) is 6.92 Å². The Morgan fingerprint density at radius 1 is 0.963 bits per heavy atom. The molecule has 0 saturated carbocycles. The second-order valence-electron chi connectivity index (χ2n) is 5.64. The van der Waals surface area contributed by atoms with Crippen molar-refractivity contribution in [3.8, 4) is 0 Å². The Bertz CT molecular complexity index is 807. The molecule has 0 heterocycles. The van der Waals surface area contributed by atoms with Crippen LogP contribution in [0.1, 0.15) is 23.7 Å². The average molecular weight is 409 g/mol. The fourth-order valence-corrected chi connectivity index (χ4v) is 2.32. The number of hydrogen-bond donors (Lipinski definition) is 2. The molecule has 2 aromatic rings. The van der Waals surface area contributed by atoms with Crippen LogP contribution in [0.25, 0.3) is 0 Å². The second-order valence-corrected chi connectivity index (χ2v) is 6.51. The van der Waals surface area contributed by atoms with Gasteiger partial charge in [0.2, 0.25) is 0 Å². The highest BCUT2D eigenvalue weighted by molar-refractivity contribution is 6.31. The second kappa shape index (κ2) is 9.94. The van der Waals surface area contributed by atoms with Crippen LogP contribution in [0, 0.1) is 0 Å². The Morgan fingerprint density at radius 3 is 2.11 bits per heavy atom. The van der Waals surface area contributed by atoms with Gasteiger partial charge in [-0.1, -0.05) is 23.2 Å². The van der Waals surface area contributed by atoms with Crippen molar-refractivity contribution in [1.82, 2.24) is 5.32 Å². The SMILES string of the molecule is CC(OC(=O)CCNC(=O)c1ccc(Cl)cc1)C(=O)Nc1ccc(Cl)cc1. The molecular weight excluding hydrogens is 391 g/mol. The van der Waals surface area contributed by atoms with E-state index in [-0.39, 0.29) is 18.9 Å². The van der Waals surface area contributed by atoms with Crippen LogP contribution < -0.4 is 10.6 Å². The summed E-state index contributed by atoms with van der Waals surface area (Å²) < 4.78 is 5.07. The molecule has 6 nitrogen and oxygen atoms in total. The fraction of sp³-hybridized carbons (Fsp3) is 0.211. The first-order valence-electron chi connectivity index (χ1n) is 8.15. The number of halogens is 2. The van der Waals surface area contributed by atoms with E-state index in [4.69, 9.17) is 27.9 Å². The first kappa shape index (κ1) is 20.7. The minimum atomic E-state index is -0.972. The number of esters is 1. The van der Waals surface area contributed by atoms with Gasteiger partial charge in [-0.3, -0.25) is 14.4 Å². The van der Waals surface area contributed by atoms with Crippen LogP contribution in [0.15, 0.2) is 48.5 Å². The number of amides is 2. The molecular formula is C19H18Cl2N2O4. The lowest BCUT2D eigenvalue weighted by molar-refractivity contribution is -0.153. The van der Waals surface area contributed by atoms with Gasteiger partial charge in [-0.25, -0.2) is 0 Å². The molecule has 2 aromatic carbocycles. The van der Waals surface area contributed by atoms with E-state index in [1.54, 1.807) is 48.5 Å². The number of anilines is 1. The summed E-state index contributed by atoms with van der Waals surface area (Å²) in [5, 5.41) is 6.30. The van der Waals surface area contributed by atoms with Crippen LogP contribution in [0.4, 0.5) is 5.69 Å². The van der Waals surface area contributed by atoms with Gasteiger partial charge in [0.15, 0.2) is 6.10 Å². The van der Waals surface area contributed by atoms with Gasteiger partial charge >= 0.3 is 5.97 Å². The van der Waals surface area contributed by atoms with Gasteiger partial charge < -0.3 is 15.4 Å². The highest BCUT2D eigenvalue weighted by atomic mass is 35.5. The van der Waals surface area contributed by atoms with Crippen LogP contribution in [-0.4, -0.2) is 30.4 Å². The van der Waals surface area contributed by atoms with Crippen LogP contribution in [-0.2, 0) is 14.3 Å². The summed E-state index contributed by atoms with van der Waals surface area (Å²) in [6.45, 7) is 1.56. The molecule has 0 radical (unpaired) electrons. The molecule has 0 bridgehead atoms. The zero-order valence-electron chi connectivity index (χ0n) is 14.5. The quantitative estimate of drug-likeness (QED) is 0.684. The van der Waals surface area contributed by atoms with E-state index in [2.05, 4.69) is 10.6 Å². The molecule has 2 amide bonds.